The van der Waals surface area contributed by atoms with Gasteiger partial charge < -0.3 is 14.8 Å². The van der Waals surface area contributed by atoms with Gasteiger partial charge in [0.15, 0.2) is 0 Å². The number of benzene rings is 2. The van der Waals surface area contributed by atoms with E-state index < -0.39 is 11.9 Å². The molecule has 2 aromatic carbocycles. The van der Waals surface area contributed by atoms with Crippen LogP contribution in [0.5, 0.6) is 5.75 Å². The molecule has 0 aliphatic carbocycles. The molecule has 3 aromatic rings. The van der Waals surface area contributed by atoms with Gasteiger partial charge in [-0.2, -0.15) is 0 Å². The van der Waals surface area contributed by atoms with Gasteiger partial charge in [-0.25, -0.2) is 4.79 Å². The number of methoxy groups -OCH3 is 2. The monoisotopic (exact) mass is 380 g/mol. The predicted molar refractivity (Wildman–Crippen MR) is 106 cm³/mol. The highest BCUT2D eigenvalue weighted by Crippen LogP contribution is 2.26. The molecule has 28 heavy (non-hydrogen) atoms. The number of hydrogen-bond donors (Lipinski definition) is 1. The van der Waals surface area contributed by atoms with Gasteiger partial charge in [0, 0.05) is 11.5 Å². The molecular formula is C21H20N2O5. The number of amides is 1. The van der Waals surface area contributed by atoms with Gasteiger partial charge in [-0.1, -0.05) is 24.3 Å². The minimum Gasteiger partial charge on any atom is -0.495 e. The Morgan fingerprint density at radius 2 is 1.82 bits per heavy atom. The zero-order valence-corrected chi connectivity index (χ0v) is 15.8. The Labute approximate surface area is 161 Å². The molecule has 0 spiro atoms. The lowest BCUT2D eigenvalue weighted by molar-refractivity contribution is -0.116. The highest BCUT2D eigenvalue weighted by Gasteiger charge is 2.16. The fourth-order valence-corrected chi connectivity index (χ4v) is 3.11. The molecule has 0 radical (unpaired) electrons. The van der Waals surface area contributed by atoms with Crippen LogP contribution in [0.25, 0.3) is 10.9 Å². The smallest absolute Gasteiger partial charge is 0.339 e. The van der Waals surface area contributed by atoms with E-state index in [1.54, 1.807) is 30.3 Å². The summed E-state index contributed by atoms with van der Waals surface area (Å²) in [7, 11) is 2.78. The quantitative estimate of drug-likeness (QED) is 0.688. The fourth-order valence-electron chi connectivity index (χ4n) is 3.11. The van der Waals surface area contributed by atoms with Crippen LogP contribution in [0, 0.1) is 6.92 Å². The number of rotatable bonds is 5. The summed E-state index contributed by atoms with van der Waals surface area (Å²) in [6, 6.07) is 13.4. The number of para-hydroxylation sites is 2. The number of esters is 1. The van der Waals surface area contributed by atoms with Crippen molar-refractivity contribution in [3.63, 3.8) is 0 Å². The second-order valence-corrected chi connectivity index (χ2v) is 6.19. The first-order valence-corrected chi connectivity index (χ1v) is 8.60. The number of pyridine rings is 1. The molecule has 0 atom stereocenters. The Morgan fingerprint density at radius 3 is 2.54 bits per heavy atom. The molecule has 0 bridgehead atoms. The van der Waals surface area contributed by atoms with Crippen LogP contribution in [0.15, 0.2) is 53.3 Å². The summed E-state index contributed by atoms with van der Waals surface area (Å²) in [5, 5.41) is 3.50. The zero-order valence-electron chi connectivity index (χ0n) is 15.8. The van der Waals surface area contributed by atoms with E-state index >= 15 is 0 Å². The minimum absolute atomic E-state index is 0.231. The highest BCUT2D eigenvalue weighted by molar-refractivity contribution is 6.01. The van der Waals surface area contributed by atoms with Crippen LogP contribution >= 0.6 is 0 Å². The summed E-state index contributed by atoms with van der Waals surface area (Å²) in [6.07, 6.45) is 0. The summed E-state index contributed by atoms with van der Waals surface area (Å²) < 4.78 is 11.5. The summed E-state index contributed by atoms with van der Waals surface area (Å²) >= 11 is 0. The van der Waals surface area contributed by atoms with Crippen molar-refractivity contribution in [2.24, 2.45) is 0 Å². The summed E-state index contributed by atoms with van der Waals surface area (Å²) in [6.45, 7) is 1.60. The molecule has 144 valence electrons. The average Bonchev–Trinajstić information content (AvgIpc) is 2.70. The van der Waals surface area contributed by atoms with Crippen LogP contribution in [0.2, 0.25) is 0 Å². The van der Waals surface area contributed by atoms with Crippen molar-refractivity contribution in [2.75, 3.05) is 19.5 Å². The van der Waals surface area contributed by atoms with Crippen LogP contribution in [0.3, 0.4) is 0 Å². The van der Waals surface area contributed by atoms with Crippen molar-refractivity contribution < 1.29 is 19.1 Å². The SMILES string of the molecule is COC(=O)c1ccccc1NC(=O)Cn1c(=O)cc(C)c2cccc(OC)c21. The van der Waals surface area contributed by atoms with Crippen molar-refractivity contribution in [3.05, 3.63) is 70.0 Å². The fraction of sp³-hybridized carbons (Fsp3) is 0.190. The second-order valence-electron chi connectivity index (χ2n) is 6.19. The molecule has 1 amide bonds. The van der Waals surface area contributed by atoms with E-state index in [2.05, 4.69) is 5.32 Å². The van der Waals surface area contributed by atoms with Crippen molar-refractivity contribution >= 4 is 28.5 Å². The van der Waals surface area contributed by atoms with Crippen LogP contribution in [-0.2, 0) is 16.1 Å². The normalized spacial score (nSPS) is 10.5. The zero-order chi connectivity index (χ0) is 20.3. The maximum absolute atomic E-state index is 12.7. The van der Waals surface area contributed by atoms with E-state index in [9.17, 15) is 14.4 Å². The summed E-state index contributed by atoms with van der Waals surface area (Å²) in [5.41, 5.74) is 1.58. The van der Waals surface area contributed by atoms with Gasteiger partial charge in [0.1, 0.15) is 12.3 Å². The van der Waals surface area contributed by atoms with Gasteiger partial charge in [-0.15, -0.1) is 0 Å². The molecule has 1 heterocycles. The number of nitrogens with zero attached hydrogens (tertiary/aromatic N) is 1. The van der Waals surface area contributed by atoms with Gasteiger partial charge in [0.2, 0.25) is 5.91 Å². The second kappa shape index (κ2) is 7.96. The minimum atomic E-state index is -0.560. The molecule has 7 heteroatoms. The van der Waals surface area contributed by atoms with Crippen molar-refractivity contribution in [2.45, 2.75) is 13.5 Å². The maximum Gasteiger partial charge on any atom is 0.339 e. The van der Waals surface area contributed by atoms with Gasteiger partial charge >= 0.3 is 5.97 Å². The number of aryl methyl sites for hydroxylation is 1. The van der Waals surface area contributed by atoms with E-state index in [4.69, 9.17) is 9.47 Å². The summed E-state index contributed by atoms with van der Waals surface area (Å²) in [4.78, 5) is 37.1. The predicted octanol–water partition coefficient (Wildman–Crippen LogP) is 2.74. The maximum atomic E-state index is 12.7. The van der Waals surface area contributed by atoms with Crippen molar-refractivity contribution in [1.29, 1.82) is 0 Å². The molecule has 0 fully saturated rings. The Morgan fingerprint density at radius 1 is 1.07 bits per heavy atom. The molecule has 0 saturated heterocycles. The van der Waals surface area contributed by atoms with Gasteiger partial charge in [0.25, 0.3) is 5.56 Å². The number of fused-ring (bicyclic) bond motifs is 1. The molecule has 0 aliphatic rings. The number of hydrogen-bond acceptors (Lipinski definition) is 5. The molecule has 0 aliphatic heterocycles. The number of anilines is 1. The Bertz CT molecular complexity index is 1120. The van der Waals surface area contributed by atoms with E-state index in [-0.39, 0.29) is 17.7 Å². The lowest BCUT2D eigenvalue weighted by Gasteiger charge is -2.15. The van der Waals surface area contributed by atoms with Crippen LogP contribution in [0.1, 0.15) is 15.9 Å². The van der Waals surface area contributed by atoms with E-state index in [1.807, 2.05) is 19.1 Å². The first-order chi connectivity index (χ1) is 13.5. The molecule has 1 aromatic heterocycles. The molecule has 0 unspecified atom stereocenters. The van der Waals surface area contributed by atoms with Crippen molar-refractivity contribution in [3.8, 4) is 5.75 Å². The van der Waals surface area contributed by atoms with E-state index in [0.717, 1.165) is 10.9 Å². The van der Waals surface area contributed by atoms with Crippen LogP contribution < -0.4 is 15.6 Å². The molecule has 3 rings (SSSR count). The third-order valence-corrected chi connectivity index (χ3v) is 4.43. The third kappa shape index (κ3) is 3.59. The van der Waals surface area contributed by atoms with Crippen molar-refractivity contribution in [1.82, 2.24) is 4.57 Å². The number of carbonyl (C=O) groups is 2. The Kier molecular flexibility index (Phi) is 5.44. The van der Waals surface area contributed by atoms with Crippen LogP contribution in [-0.4, -0.2) is 30.7 Å². The Balaban J connectivity index is 1.99. The first kappa shape index (κ1) is 19.2. The van der Waals surface area contributed by atoms with Gasteiger partial charge in [-0.05, 0) is 30.7 Å². The van der Waals surface area contributed by atoms with E-state index in [0.29, 0.717) is 17.0 Å². The molecule has 7 nitrogen and oxygen atoms in total. The largest absolute Gasteiger partial charge is 0.495 e. The van der Waals surface area contributed by atoms with Gasteiger partial charge in [-0.3, -0.25) is 14.2 Å². The molecular weight excluding hydrogens is 360 g/mol. The average molecular weight is 380 g/mol. The lowest BCUT2D eigenvalue weighted by Crippen LogP contribution is -2.28. The highest BCUT2D eigenvalue weighted by atomic mass is 16.5. The number of carbonyl (C=O) groups excluding carboxylic acids is 2. The molecule has 1 N–H and O–H groups in total. The Hall–Kier alpha value is -3.61. The first-order valence-electron chi connectivity index (χ1n) is 8.60. The number of nitrogens with one attached hydrogen (secondary N) is 1. The third-order valence-electron chi connectivity index (χ3n) is 4.43. The summed E-state index contributed by atoms with van der Waals surface area (Å²) in [5.74, 6) is -0.508. The van der Waals surface area contributed by atoms with Crippen LogP contribution in [0.4, 0.5) is 5.69 Å². The molecule has 0 saturated carbocycles. The lowest BCUT2D eigenvalue weighted by atomic mass is 10.1. The number of ether oxygens (including phenoxy) is 2. The number of aromatic nitrogens is 1. The standard InChI is InChI=1S/C21H20N2O5/c1-13-11-19(25)23(20-14(13)8-6-10-17(20)27-2)12-18(24)22-16-9-5-4-7-15(16)21(26)28-3/h4-11H,12H2,1-3H3,(H,22,24). The van der Waals surface area contributed by atoms with Gasteiger partial charge in [0.05, 0.1) is 31.0 Å². The van der Waals surface area contributed by atoms with E-state index in [1.165, 1.54) is 24.9 Å². The topological polar surface area (TPSA) is 86.6 Å².